The van der Waals surface area contributed by atoms with Crippen LogP contribution in [-0.2, 0) is 23.6 Å². The molecule has 1 amide bonds. The summed E-state index contributed by atoms with van der Waals surface area (Å²) in [7, 11) is 0.160. The van der Waals surface area contributed by atoms with E-state index in [0.29, 0.717) is 47.4 Å². The summed E-state index contributed by atoms with van der Waals surface area (Å²) in [6, 6.07) is 9.56. The number of aromatic nitrogens is 4. The number of fused-ring (bicyclic) bond motifs is 4. The molecule has 4 aliphatic rings. The Labute approximate surface area is 257 Å². The number of imidazole rings is 1. The summed E-state index contributed by atoms with van der Waals surface area (Å²) in [5.41, 5.74) is 10.1. The van der Waals surface area contributed by atoms with Gasteiger partial charge in [-0.25, -0.2) is 18.4 Å². The van der Waals surface area contributed by atoms with E-state index in [9.17, 15) is 13.2 Å². The zero-order valence-electron chi connectivity index (χ0n) is 25.4. The van der Waals surface area contributed by atoms with E-state index in [4.69, 9.17) is 20.4 Å². The number of aryl methyl sites for hydroxylation is 1. The number of hydrogen-bond acceptors (Lipinski definition) is 7. The molecule has 0 radical (unpaired) electrons. The fraction of sp³-hybridized carbons (Fsp3) is 0.531. The molecule has 4 atom stereocenters. The molecule has 2 saturated heterocycles. The number of sulfonamides is 1. The van der Waals surface area contributed by atoms with Gasteiger partial charge in [0.15, 0.2) is 5.82 Å². The van der Waals surface area contributed by atoms with Crippen LogP contribution in [0.2, 0.25) is 0 Å². The summed E-state index contributed by atoms with van der Waals surface area (Å²) in [6.45, 7) is 3.43. The molecular weight excluding hydrogens is 578 g/mol. The molecule has 4 aromatic rings. The van der Waals surface area contributed by atoms with Gasteiger partial charge in [-0.15, -0.1) is 0 Å². The van der Waals surface area contributed by atoms with Gasteiger partial charge in [0.1, 0.15) is 22.7 Å². The van der Waals surface area contributed by atoms with Gasteiger partial charge >= 0.3 is 0 Å². The number of methoxy groups -OCH3 is 1. The SMILES string of the molecule is COc1cc(C(=O)N2C[C@H]3CC[C@@H]2[C@@H]3N)cc2nc(-c3cc4ccc(N5[C@@H](C)CCCS5(=O)=O)nc4n3CC3CC3)n(C)c12. The van der Waals surface area contributed by atoms with Gasteiger partial charge in [-0.3, -0.25) is 9.10 Å². The van der Waals surface area contributed by atoms with E-state index in [1.807, 2.05) is 47.7 Å². The fourth-order valence-corrected chi connectivity index (χ4v) is 9.62. The largest absolute Gasteiger partial charge is 0.494 e. The van der Waals surface area contributed by atoms with Crippen LogP contribution in [0.4, 0.5) is 5.82 Å². The molecule has 0 unspecified atom stereocenters. The van der Waals surface area contributed by atoms with Crippen LogP contribution in [0.1, 0.15) is 55.8 Å². The Morgan fingerprint density at radius 1 is 1.09 bits per heavy atom. The van der Waals surface area contributed by atoms with Crippen LogP contribution < -0.4 is 14.8 Å². The van der Waals surface area contributed by atoms with E-state index < -0.39 is 10.0 Å². The van der Waals surface area contributed by atoms with Crippen molar-refractivity contribution in [3.8, 4) is 17.3 Å². The smallest absolute Gasteiger partial charge is 0.254 e. The highest BCUT2D eigenvalue weighted by molar-refractivity contribution is 7.92. The van der Waals surface area contributed by atoms with Crippen LogP contribution in [0.15, 0.2) is 30.3 Å². The summed E-state index contributed by atoms with van der Waals surface area (Å²) < 4.78 is 37.7. The quantitative estimate of drug-likeness (QED) is 0.348. The number of pyridine rings is 1. The Bertz CT molecular complexity index is 1930. The number of benzene rings is 1. The van der Waals surface area contributed by atoms with Crippen molar-refractivity contribution >= 4 is 43.8 Å². The number of nitrogens with zero attached hydrogens (tertiary/aromatic N) is 6. The second kappa shape index (κ2) is 9.93. The Morgan fingerprint density at radius 2 is 1.91 bits per heavy atom. The van der Waals surface area contributed by atoms with Crippen molar-refractivity contribution in [2.45, 2.75) is 70.1 Å². The third-order valence-electron chi connectivity index (χ3n) is 10.4. The Kier molecular flexibility index (Phi) is 6.29. The van der Waals surface area contributed by atoms with E-state index >= 15 is 0 Å². The lowest BCUT2D eigenvalue weighted by Crippen LogP contribution is -2.44. The maximum absolute atomic E-state index is 13.7. The molecule has 2 N–H and O–H groups in total. The maximum atomic E-state index is 13.7. The van der Waals surface area contributed by atoms with Crippen molar-refractivity contribution in [1.29, 1.82) is 0 Å². The third-order valence-corrected chi connectivity index (χ3v) is 12.3. The first-order valence-corrected chi connectivity index (χ1v) is 17.4. The number of carbonyl (C=O) groups is 1. The minimum Gasteiger partial charge on any atom is -0.494 e. The van der Waals surface area contributed by atoms with Gasteiger partial charge in [-0.1, -0.05) is 0 Å². The van der Waals surface area contributed by atoms with Crippen LogP contribution in [0, 0.1) is 11.8 Å². The Balaban J connectivity index is 1.24. The van der Waals surface area contributed by atoms with Gasteiger partial charge < -0.3 is 24.5 Å². The molecule has 2 aliphatic carbocycles. The summed E-state index contributed by atoms with van der Waals surface area (Å²) in [4.78, 5) is 25.7. The standard InChI is InChI=1S/C32H39N7O4S/c1-18-5-4-12-44(41,42)39(18)27-11-9-20-14-25(37(30(20)35-27)16-19-6-7-19)31-34-23-13-22(15-26(43-3)29(23)36(31)2)32(40)38-17-21-8-10-24(38)28(21)33/h9,11,13-15,18-19,21,24,28H,4-8,10,12,16-17,33H2,1-3H3/t18-,21+,24+,28+/m0/s1. The van der Waals surface area contributed by atoms with Gasteiger partial charge in [0.25, 0.3) is 5.91 Å². The van der Waals surface area contributed by atoms with E-state index in [1.54, 1.807) is 7.11 Å². The lowest BCUT2D eigenvalue weighted by Gasteiger charge is -2.33. The molecule has 2 saturated carbocycles. The van der Waals surface area contributed by atoms with Gasteiger partial charge in [-0.2, -0.15) is 0 Å². The second-order valence-electron chi connectivity index (χ2n) is 13.2. The predicted octanol–water partition coefficient (Wildman–Crippen LogP) is 3.89. The van der Waals surface area contributed by atoms with Crippen LogP contribution in [0.5, 0.6) is 5.75 Å². The molecule has 3 aromatic heterocycles. The van der Waals surface area contributed by atoms with Crippen molar-refractivity contribution in [3.05, 3.63) is 35.9 Å². The second-order valence-corrected chi connectivity index (χ2v) is 15.2. The number of anilines is 1. The third kappa shape index (κ3) is 4.24. The number of hydrogen-bond donors (Lipinski definition) is 1. The number of carbonyl (C=O) groups excluding carboxylic acids is 1. The number of rotatable bonds is 6. The average molecular weight is 618 g/mol. The predicted molar refractivity (Wildman–Crippen MR) is 169 cm³/mol. The zero-order chi connectivity index (χ0) is 30.5. The highest BCUT2D eigenvalue weighted by Gasteiger charge is 2.47. The number of ether oxygens (including phenoxy) is 1. The first-order valence-electron chi connectivity index (χ1n) is 15.8. The molecule has 0 spiro atoms. The van der Waals surface area contributed by atoms with Crippen molar-refractivity contribution in [3.63, 3.8) is 0 Å². The molecule has 1 aromatic carbocycles. The van der Waals surface area contributed by atoms with Crippen LogP contribution in [-0.4, -0.2) is 75.9 Å². The number of likely N-dealkylation sites (tertiary alicyclic amines) is 1. The van der Waals surface area contributed by atoms with Crippen LogP contribution in [0.25, 0.3) is 33.6 Å². The van der Waals surface area contributed by atoms with Gasteiger partial charge in [0.2, 0.25) is 10.0 Å². The minimum atomic E-state index is -3.43. The number of amides is 1. The first kappa shape index (κ1) is 27.9. The van der Waals surface area contributed by atoms with E-state index in [1.165, 1.54) is 4.31 Å². The topological polar surface area (TPSA) is 129 Å². The Hall–Kier alpha value is -3.64. The highest BCUT2D eigenvalue weighted by Crippen LogP contribution is 2.40. The summed E-state index contributed by atoms with van der Waals surface area (Å²) in [5.74, 6) is 2.83. The number of nitrogens with two attached hydrogens (primary N) is 1. The molecular formula is C32H39N7O4S. The van der Waals surface area contributed by atoms with Crippen LogP contribution >= 0.6 is 0 Å². The molecule has 2 bridgehead atoms. The Morgan fingerprint density at radius 3 is 2.59 bits per heavy atom. The summed E-state index contributed by atoms with van der Waals surface area (Å²) in [6.07, 6.45) is 5.82. The molecule has 232 valence electrons. The molecule has 12 heteroatoms. The van der Waals surface area contributed by atoms with Crippen molar-refractivity contribution in [2.24, 2.45) is 24.6 Å². The maximum Gasteiger partial charge on any atom is 0.254 e. The molecule has 4 fully saturated rings. The highest BCUT2D eigenvalue weighted by atomic mass is 32.2. The van der Waals surface area contributed by atoms with Gasteiger partial charge in [0.05, 0.1) is 24.1 Å². The molecule has 11 nitrogen and oxygen atoms in total. The minimum absolute atomic E-state index is 0.0264. The van der Waals surface area contributed by atoms with E-state index in [2.05, 4.69) is 10.6 Å². The van der Waals surface area contributed by atoms with Crippen molar-refractivity contribution < 1.29 is 17.9 Å². The monoisotopic (exact) mass is 617 g/mol. The van der Waals surface area contributed by atoms with E-state index in [-0.39, 0.29) is 29.8 Å². The van der Waals surface area contributed by atoms with Crippen molar-refractivity contribution in [1.82, 2.24) is 24.0 Å². The number of piperidine rings is 1. The normalized spacial score (nSPS) is 26.3. The molecule has 8 rings (SSSR count). The van der Waals surface area contributed by atoms with E-state index in [0.717, 1.165) is 66.7 Å². The summed E-state index contributed by atoms with van der Waals surface area (Å²) >= 11 is 0. The van der Waals surface area contributed by atoms with Crippen LogP contribution in [0.3, 0.4) is 0 Å². The average Bonchev–Trinajstić information content (AvgIpc) is 3.40. The zero-order valence-corrected chi connectivity index (χ0v) is 26.3. The molecule has 2 aliphatic heterocycles. The first-order chi connectivity index (χ1) is 21.1. The fourth-order valence-electron chi connectivity index (χ4n) is 7.85. The lowest BCUT2D eigenvalue weighted by atomic mass is 10.1. The molecule has 44 heavy (non-hydrogen) atoms. The van der Waals surface area contributed by atoms with Crippen molar-refractivity contribution in [2.75, 3.05) is 23.7 Å². The van der Waals surface area contributed by atoms with Gasteiger partial charge in [0, 0.05) is 49.2 Å². The summed E-state index contributed by atoms with van der Waals surface area (Å²) in [5, 5.41) is 0.932. The van der Waals surface area contributed by atoms with Gasteiger partial charge in [-0.05, 0) is 87.6 Å². The lowest BCUT2D eigenvalue weighted by molar-refractivity contribution is 0.0700. The molecule has 5 heterocycles.